The summed E-state index contributed by atoms with van der Waals surface area (Å²) >= 11 is 0. The largest absolute Gasteiger partial charge is 0.422 e. The lowest BCUT2D eigenvalue weighted by Gasteiger charge is -1.99. The molecule has 2 rings (SSSR count). The number of oxazole rings is 1. The number of pyridine rings is 1. The minimum atomic E-state index is 0.147. The first kappa shape index (κ1) is 8.19. The highest BCUT2D eigenvalue weighted by molar-refractivity contribution is 5.67. The molecular formula is C9H11N3O. The van der Waals surface area contributed by atoms with E-state index in [1.165, 1.54) is 0 Å². The van der Waals surface area contributed by atoms with E-state index in [4.69, 9.17) is 10.2 Å². The lowest BCUT2D eigenvalue weighted by molar-refractivity contribution is 0.483. The van der Waals surface area contributed by atoms with Crippen LogP contribution in [0.25, 0.3) is 11.2 Å². The average molecular weight is 177 g/mol. The fraction of sp³-hybridized carbons (Fsp3) is 0.333. The number of nitrogens with two attached hydrogens (primary N) is 1. The highest BCUT2D eigenvalue weighted by Gasteiger charge is 2.11. The molecule has 2 heterocycles. The number of hydrogen-bond acceptors (Lipinski definition) is 4. The van der Waals surface area contributed by atoms with Crippen LogP contribution in [-0.2, 0) is 0 Å². The van der Waals surface area contributed by atoms with Gasteiger partial charge in [0, 0.05) is 18.7 Å². The highest BCUT2D eigenvalue weighted by atomic mass is 16.4. The Bertz CT molecular complexity index is 377. The first-order valence-electron chi connectivity index (χ1n) is 4.23. The molecule has 13 heavy (non-hydrogen) atoms. The summed E-state index contributed by atoms with van der Waals surface area (Å²) in [6.45, 7) is 2.51. The lowest BCUT2D eigenvalue weighted by Crippen LogP contribution is -2.08. The van der Waals surface area contributed by atoms with Gasteiger partial charge in [0.2, 0.25) is 11.6 Å². The Labute approximate surface area is 75.8 Å². The zero-order valence-electron chi connectivity index (χ0n) is 7.40. The number of fused-ring (bicyclic) bond motifs is 1. The number of nitrogens with zero attached hydrogens (tertiary/aromatic N) is 2. The van der Waals surface area contributed by atoms with Gasteiger partial charge in [0.1, 0.15) is 5.52 Å². The van der Waals surface area contributed by atoms with Crippen LogP contribution >= 0.6 is 0 Å². The van der Waals surface area contributed by atoms with Crippen LogP contribution in [0.15, 0.2) is 22.7 Å². The molecule has 2 aromatic heterocycles. The SMILES string of the molecule is CC(CN)c1nc2cccnc2o1. The Morgan fingerprint density at radius 2 is 2.46 bits per heavy atom. The van der Waals surface area contributed by atoms with Crippen molar-refractivity contribution in [2.75, 3.05) is 6.54 Å². The second kappa shape index (κ2) is 3.14. The molecule has 4 nitrogen and oxygen atoms in total. The maximum absolute atomic E-state index is 5.51. The van der Waals surface area contributed by atoms with Crippen molar-refractivity contribution in [3.8, 4) is 0 Å². The van der Waals surface area contributed by atoms with Crippen LogP contribution < -0.4 is 5.73 Å². The molecule has 0 spiro atoms. The predicted molar refractivity (Wildman–Crippen MR) is 49.3 cm³/mol. The third-order valence-electron chi connectivity index (χ3n) is 1.96. The molecule has 1 unspecified atom stereocenters. The van der Waals surface area contributed by atoms with Crippen molar-refractivity contribution < 1.29 is 4.42 Å². The summed E-state index contributed by atoms with van der Waals surface area (Å²) in [6.07, 6.45) is 1.68. The third kappa shape index (κ3) is 1.40. The summed E-state index contributed by atoms with van der Waals surface area (Å²) in [7, 11) is 0. The van der Waals surface area contributed by atoms with Gasteiger partial charge in [0.05, 0.1) is 0 Å². The summed E-state index contributed by atoms with van der Waals surface area (Å²) in [5, 5.41) is 0. The molecule has 4 heteroatoms. The van der Waals surface area contributed by atoms with Crippen LogP contribution in [0.3, 0.4) is 0 Å². The minimum Gasteiger partial charge on any atom is -0.422 e. The summed E-state index contributed by atoms with van der Waals surface area (Å²) in [6, 6.07) is 3.71. The zero-order valence-corrected chi connectivity index (χ0v) is 7.40. The van der Waals surface area contributed by atoms with Crippen LogP contribution in [0, 0.1) is 0 Å². The third-order valence-corrected chi connectivity index (χ3v) is 1.96. The molecule has 0 aliphatic heterocycles. The molecule has 0 aliphatic carbocycles. The maximum Gasteiger partial charge on any atom is 0.246 e. The predicted octanol–water partition coefficient (Wildman–Crippen LogP) is 1.29. The molecule has 0 aliphatic rings. The first-order chi connectivity index (χ1) is 6.31. The van der Waals surface area contributed by atoms with Crippen molar-refractivity contribution in [3.05, 3.63) is 24.2 Å². The van der Waals surface area contributed by atoms with E-state index in [1.54, 1.807) is 6.20 Å². The Morgan fingerprint density at radius 3 is 3.15 bits per heavy atom. The van der Waals surface area contributed by atoms with Crippen molar-refractivity contribution in [2.45, 2.75) is 12.8 Å². The molecule has 68 valence electrons. The van der Waals surface area contributed by atoms with E-state index in [9.17, 15) is 0 Å². The van der Waals surface area contributed by atoms with Crippen LogP contribution in [-0.4, -0.2) is 16.5 Å². The van der Waals surface area contributed by atoms with Gasteiger partial charge in [-0.25, -0.2) is 9.97 Å². The fourth-order valence-electron chi connectivity index (χ4n) is 1.10. The smallest absolute Gasteiger partial charge is 0.246 e. The molecule has 2 N–H and O–H groups in total. The first-order valence-corrected chi connectivity index (χ1v) is 4.23. The lowest BCUT2D eigenvalue weighted by atomic mass is 10.2. The monoisotopic (exact) mass is 177 g/mol. The summed E-state index contributed by atoms with van der Waals surface area (Å²) in [5.74, 6) is 0.811. The summed E-state index contributed by atoms with van der Waals surface area (Å²) in [5.41, 5.74) is 6.88. The van der Waals surface area contributed by atoms with Gasteiger partial charge in [-0.2, -0.15) is 0 Å². The van der Waals surface area contributed by atoms with E-state index in [-0.39, 0.29) is 5.92 Å². The maximum atomic E-state index is 5.51. The zero-order chi connectivity index (χ0) is 9.26. The van der Waals surface area contributed by atoms with E-state index in [0.29, 0.717) is 18.1 Å². The van der Waals surface area contributed by atoms with Gasteiger partial charge in [-0.1, -0.05) is 6.92 Å². The van der Waals surface area contributed by atoms with Gasteiger partial charge < -0.3 is 10.2 Å². The fourth-order valence-corrected chi connectivity index (χ4v) is 1.10. The second-order valence-corrected chi connectivity index (χ2v) is 3.02. The highest BCUT2D eigenvalue weighted by Crippen LogP contribution is 2.18. The quantitative estimate of drug-likeness (QED) is 0.750. The van der Waals surface area contributed by atoms with Gasteiger partial charge in [0.15, 0.2) is 0 Å². The molecule has 0 saturated carbocycles. The standard InChI is InChI=1S/C9H11N3O/c1-6(5-10)8-12-7-3-2-4-11-9(7)13-8/h2-4,6H,5,10H2,1H3. The Hall–Kier alpha value is -1.42. The van der Waals surface area contributed by atoms with E-state index in [0.717, 1.165) is 5.52 Å². The molecule has 0 radical (unpaired) electrons. The van der Waals surface area contributed by atoms with Crippen LogP contribution in [0.4, 0.5) is 0 Å². The number of aromatic nitrogens is 2. The van der Waals surface area contributed by atoms with Crippen LogP contribution in [0.2, 0.25) is 0 Å². The van der Waals surface area contributed by atoms with Gasteiger partial charge in [0.25, 0.3) is 0 Å². The molecule has 2 aromatic rings. The topological polar surface area (TPSA) is 64.9 Å². The molecule has 0 amide bonds. The van der Waals surface area contributed by atoms with Gasteiger partial charge in [-0.3, -0.25) is 0 Å². The summed E-state index contributed by atoms with van der Waals surface area (Å²) < 4.78 is 5.42. The Morgan fingerprint density at radius 1 is 1.62 bits per heavy atom. The molecular weight excluding hydrogens is 166 g/mol. The van der Waals surface area contributed by atoms with E-state index in [2.05, 4.69) is 9.97 Å². The van der Waals surface area contributed by atoms with Crippen molar-refractivity contribution in [1.82, 2.24) is 9.97 Å². The molecule has 0 bridgehead atoms. The normalized spacial score (nSPS) is 13.4. The van der Waals surface area contributed by atoms with Crippen LogP contribution in [0.5, 0.6) is 0 Å². The minimum absolute atomic E-state index is 0.147. The van der Waals surface area contributed by atoms with Crippen LogP contribution in [0.1, 0.15) is 18.7 Å². The summed E-state index contributed by atoms with van der Waals surface area (Å²) in [4.78, 5) is 8.32. The van der Waals surface area contributed by atoms with Crippen molar-refractivity contribution in [2.24, 2.45) is 5.73 Å². The van der Waals surface area contributed by atoms with Gasteiger partial charge >= 0.3 is 0 Å². The molecule has 0 aromatic carbocycles. The van der Waals surface area contributed by atoms with Crippen molar-refractivity contribution in [1.29, 1.82) is 0 Å². The average Bonchev–Trinajstić information content (AvgIpc) is 2.59. The van der Waals surface area contributed by atoms with Crippen molar-refractivity contribution in [3.63, 3.8) is 0 Å². The Balaban J connectivity index is 2.49. The van der Waals surface area contributed by atoms with E-state index in [1.807, 2.05) is 19.1 Å². The van der Waals surface area contributed by atoms with Gasteiger partial charge in [-0.05, 0) is 12.1 Å². The number of hydrogen-bond donors (Lipinski definition) is 1. The Kier molecular flexibility index (Phi) is 1.98. The molecule has 0 fully saturated rings. The van der Waals surface area contributed by atoms with Gasteiger partial charge in [-0.15, -0.1) is 0 Å². The second-order valence-electron chi connectivity index (χ2n) is 3.02. The van der Waals surface area contributed by atoms with Crippen molar-refractivity contribution >= 4 is 11.2 Å². The molecule has 0 saturated heterocycles. The molecule has 1 atom stereocenters. The van der Waals surface area contributed by atoms with E-state index < -0.39 is 0 Å². The van der Waals surface area contributed by atoms with E-state index >= 15 is 0 Å². The number of rotatable bonds is 2.